The van der Waals surface area contributed by atoms with Gasteiger partial charge >= 0.3 is 0 Å². The van der Waals surface area contributed by atoms with Gasteiger partial charge < -0.3 is 19.5 Å². The molecule has 40 heavy (non-hydrogen) atoms. The zero-order chi connectivity index (χ0) is 28.9. The Labute approximate surface area is 233 Å². The number of carbonyl (C=O) groups is 2. The van der Waals surface area contributed by atoms with Crippen molar-refractivity contribution in [2.24, 2.45) is 0 Å². The molecule has 0 radical (unpaired) electrons. The van der Waals surface area contributed by atoms with E-state index in [-0.39, 0.29) is 18.4 Å². The summed E-state index contributed by atoms with van der Waals surface area (Å²) in [7, 11) is 3.10. The highest BCUT2D eigenvalue weighted by Crippen LogP contribution is 2.35. The molecule has 0 bridgehead atoms. The lowest BCUT2D eigenvalue weighted by molar-refractivity contribution is -0.128. The number of hydrogen-bond donors (Lipinski definition) is 1. The molecule has 0 aliphatic carbocycles. The predicted molar refractivity (Wildman–Crippen MR) is 153 cm³/mol. The van der Waals surface area contributed by atoms with Crippen molar-refractivity contribution in [3.8, 4) is 17.2 Å². The zero-order valence-electron chi connectivity index (χ0n) is 23.7. The standard InChI is InChI=1S/C30H35N5O5/c1-7-40-25-17-12-20(18-26(25)39-6)28(29(37)31-30(2,3)4)35(21-13-15-22(38-5)16-14-21)27(36)19-34-24-11-9-8-10-23(24)32-33-34/h8-18,28H,7,19H2,1-6H3,(H,31,37)/t28-/m1/s1. The van der Waals surface area contributed by atoms with Crippen molar-refractivity contribution in [2.75, 3.05) is 25.7 Å². The summed E-state index contributed by atoms with van der Waals surface area (Å²) in [6.45, 7) is 7.86. The number of ether oxygens (including phenoxy) is 3. The van der Waals surface area contributed by atoms with E-state index in [4.69, 9.17) is 14.2 Å². The molecule has 1 heterocycles. The van der Waals surface area contributed by atoms with E-state index in [0.717, 1.165) is 0 Å². The highest BCUT2D eigenvalue weighted by Gasteiger charge is 2.35. The number of anilines is 1. The molecule has 0 fully saturated rings. The monoisotopic (exact) mass is 545 g/mol. The Kier molecular flexibility index (Phi) is 8.57. The molecular formula is C30H35N5O5. The molecule has 2 amide bonds. The van der Waals surface area contributed by atoms with Crippen LogP contribution in [0.4, 0.5) is 5.69 Å². The SMILES string of the molecule is CCOc1ccc([C@H](C(=O)NC(C)(C)C)N(C(=O)Cn2nnc3ccccc32)c2ccc(OC)cc2)cc1OC. The van der Waals surface area contributed by atoms with Crippen molar-refractivity contribution in [1.82, 2.24) is 20.3 Å². The molecule has 4 rings (SSSR count). The maximum absolute atomic E-state index is 14.2. The summed E-state index contributed by atoms with van der Waals surface area (Å²) in [6, 6.07) is 18.6. The summed E-state index contributed by atoms with van der Waals surface area (Å²) in [5.41, 5.74) is 1.89. The highest BCUT2D eigenvalue weighted by molar-refractivity contribution is 6.01. The lowest BCUT2D eigenvalue weighted by Gasteiger charge is -2.34. The lowest BCUT2D eigenvalue weighted by atomic mass is 10.00. The quantitative estimate of drug-likeness (QED) is 0.312. The van der Waals surface area contributed by atoms with Crippen LogP contribution in [0.1, 0.15) is 39.3 Å². The van der Waals surface area contributed by atoms with Gasteiger partial charge in [0, 0.05) is 11.2 Å². The molecule has 1 N–H and O–H groups in total. The van der Waals surface area contributed by atoms with E-state index in [1.807, 2.05) is 52.0 Å². The van der Waals surface area contributed by atoms with Gasteiger partial charge in [0.25, 0.3) is 0 Å². The first-order valence-corrected chi connectivity index (χ1v) is 13.0. The molecule has 10 heteroatoms. The van der Waals surface area contributed by atoms with Gasteiger partial charge in [0.05, 0.1) is 26.3 Å². The Balaban J connectivity index is 1.86. The van der Waals surface area contributed by atoms with Crippen molar-refractivity contribution < 1.29 is 23.8 Å². The van der Waals surface area contributed by atoms with Gasteiger partial charge in [0.15, 0.2) is 11.5 Å². The number of hydrogen-bond acceptors (Lipinski definition) is 7. The number of carbonyl (C=O) groups excluding carboxylic acids is 2. The van der Waals surface area contributed by atoms with Crippen LogP contribution in [0, 0.1) is 0 Å². The van der Waals surface area contributed by atoms with E-state index < -0.39 is 11.6 Å². The summed E-state index contributed by atoms with van der Waals surface area (Å²) in [5, 5.41) is 11.4. The van der Waals surface area contributed by atoms with E-state index in [1.54, 1.807) is 49.6 Å². The van der Waals surface area contributed by atoms with Crippen molar-refractivity contribution in [3.05, 3.63) is 72.3 Å². The van der Waals surface area contributed by atoms with E-state index in [9.17, 15) is 9.59 Å². The van der Waals surface area contributed by atoms with Gasteiger partial charge in [-0.3, -0.25) is 14.5 Å². The molecule has 0 spiro atoms. The van der Waals surface area contributed by atoms with Gasteiger partial charge in [-0.2, -0.15) is 0 Å². The Morgan fingerprint density at radius 3 is 2.35 bits per heavy atom. The second-order valence-corrected chi connectivity index (χ2v) is 10.2. The van der Waals surface area contributed by atoms with E-state index in [2.05, 4.69) is 15.6 Å². The molecule has 10 nitrogen and oxygen atoms in total. The summed E-state index contributed by atoms with van der Waals surface area (Å²) in [6.07, 6.45) is 0. The Bertz CT molecular complexity index is 1480. The molecule has 0 unspecified atom stereocenters. The fourth-order valence-electron chi connectivity index (χ4n) is 4.40. The van der Waals surface area contributed by atoms with Crippen LogP contribution >= 0.6 is 0 Å². The number of rotatable bonds is 10. The fraction of sp³-hybridized carbons (Fsp3) is 0.333. The van der Waals surface area contributed by atoms with Crippen LogP contribution in [-0.2, 0) is 16.1 Å². The minimum Gasteiger partial charge on any atom is -0.497 e. The number of para-hydroxylation sites is 1. The maximum Gasteiger partial charge on any atom is 0.249 e. The van der Waals surface area contributed by atoms with Crippen molar-refractivity contribution in [3.63, 3.8) is 0 Å². The molecule has 0 aliphatic heterocycles. The smallest absolute Gasteiger partial charge is 0.249 e. The van der Waals surface area contributed by atoms with Crippen LogP contribution in [0.2, 0.25) is 0 Å². The molecule has 1 atom stereocenters. The van der Waals surface area contributed by atoms with Gasteiger partial charge in [0.1, 0.15) is 23.9 Å². The third-order valence-corrected chi connectivity index (χ3v) is 6.13. The molecule has 0 saturated heterocycles. The van der Waals surface area contributed by atoms with Gasteiger partial charge in [0.2, 0.25) is 11.8 Å². The summed E-state index contributed by atoms with van der Waals surface area (Å²) in [4.78, 5) is 29.7. The third-order valence-electron chi connectivity index (χ3n) is 6.13. The van der Waals surface area contributed by atoms with Crippen LogP contribution in [0.3, 0.4) is 0 Å². The fourth-order valence-corrected chi connectivity index (χ4v) is 4.40. The molecule has 1 aromatic heterocycles. The number of fused-ring (bicyclic) bond motifs is 1. The summed E-state index contributed by atoms with van der Waals surface area (Å²) >= 11 is 0. The minimum atomic E-state index is -1.04. The van der Waals surface area contributed by atoms with Gasteiger partial charge in [-0.1, -0.05) is 23.4 Å². The van der Waals surface area contributed by atoms with Crippen molar-refractivity contribution in [2.45, 2.75) is 45.8 Å². The number of nitrogens with one attached hydrogen (secondary N) is 1. The Morgan fingerprint density at radius 1 is 0.975 bits per heavy atom. The van der Waals surface area contributed by atoms with Crippen molar-refractivity contribution >= 4 is 28.5 Å². The maximum atomic E-state index is 14.2. The number of benzene rings is 3. The second-order valence-electron chi connectivity index (χ2n) is 10.2. The highest BCUT2D eigenvalue weighted by atomic mass is 16.5. The molecule has 4 aromatic rings. The Hall–Kier alpha value is -4.60. The minimum absolute atomic E-state index is 0.139. The molecule has 3 aromatic carbocycles. The van der Waals surface area contributed by atoms with Crippen molar-refractivity contribution in [1.29, 1.82) is 0 Å². The van der Waals surface area contributed by atoms with Gasteiger partial charge in [-0.15, -0.1) is 5.10 Å². The third kappa shape index (κ3) is 6.33. The van der Waals surface area contributed by atoms with E-state index in [1.165, 1.54) is 16.7 Å². The summed E-state index contributed by atoms with van der Waals surface area (Å²) in [5.74, 6) is 0.906. The molecule has 210 valence electrons. The average molecular weight is 546 g/mol. The topological polar surface area (TPSA) is 108 Å². The summed E-state index contributed by atoms with van der Waals surface area (Å²) < 4.78 is 18.1. The largest absolute Gasteiger partial charge is 0.497 e. The normalized spacial score (nSPS) is 12.1. The average Bonchev–Trinajstić information content (AvgIpc) is 3.33. The first-order chi connectivity index (χ1) is 19.1. The second kappa shape index (κ2) is 12.1. The van der Waals surface area contributed by atoms with Gasteiger partial charge in [-0.25, -0.2) is 4.68 Å². The number of nitrogens with zero attached hydrogens (tertiary/aromatic N) is 4. The van der Waals surface area contributed by atoms with E-state index >= 15 is 0 Å². The van der Waals surface area contributed by atoms with E-state index in [0.29, 0.717) is 46.1 Å². The first-order valence-electron chi connectivity index (χ1n) is 13.0. The molecular weight excluding hydrogens is 510 g/mol. The van der Waals surface area contributed by atoms with Crippen LogP contribution in [0.25, 0.3) is 11.0 Å². The number of methoxy groups -OCH3 is 2. The van der Waals surface area contributed by atoms with Gasteiger partial charge in [-0.05, 0) is 81.8 Å². The van der Waals surface area contributed by atoms with Crippen LogP contribution in [-0.4, -0.2) is 53.2 Å². The molecule has 0 aliphatic rings. The Morgan fingerprint density at radius 2 is 1.70 bits per heavy atom. The van der Waals surface area contributed by atoms with Crippen LogP contribution in [0.15, 0.2) is 66.7 Å². The number of amides is 2. The molecule has 0 saturated carbocycles. The van der Waals surface area contributed by atoms with Crippen LogP contribution in [0.5, 0.6) is 17.2 Å². The predicted octanol–water partition coefficient (Wildman–Crippen LogP) is 4.54. The first kappa shape index (κ1) is 28.4. The number of aromatic nitrogens is 3. The zero-order valence-corrected chi connectivity index (χ0v) is 23.7. The van der Waals surface area contributed by atoms with Crippen LogP contribution < -0.4 is 24.4 Å². The lowest BCUT2D eigenvalue weighted by Crippen LogP contribution is -2.50.